The van der Waals surface area contributed by atoms with E-state index >= 15 is 0 Å². The first-order chi connectivity index (χ1) is 17.5. The summed E-state index contributed by atoms with van der Waals surface area (Å²) in [5, 5.41) is 3.16. The summed E-state index contributed by atoms with van der Waals surface area (Å²) in [6, 6.07) is 24.0. The van der Waals surface area contributed by atoms with Crippen molar-refractivity contribution in [3.8, 4) is 5.75 Å². The summed E-state index contributed by atoms with van der Waals surface area (Å²) < 4.78 is 18.6. The monoisotopic (exact) mass is 488 g/mol. The van der Waals surface area contributed by atoms with Gasteiger partial charge in [0.2, 0.25) is 11.8 Å². The molecule has 0 aromatic heterocycles. The second-order valence-electron chi connectivity index (χ2n) is 9.27. The Kier molecular flexibility index (Phi) is 8.36. The summed E-state index contributed by atoms with van der Waals surface area (Å²) >= 11 is 0. The number of benzene rings is 3. The first kappa shape index (κ1) is 25.4. The molecule has 0 atom stereocenters. The molecule has 188 valence electrons. The number of para-hydroxylation sites is 1. The predicted molar refractivity (Wildman–Crippen MR) is 138 cm³/mol. The predicted octanol–water partition coefficient (Wildman–Crippen LogP) is 4.69. The molecule has 4 rings (SSSR count). The van der Waals surface area contributed by atoms with E-state index in [1.54, 1.807) is 19.2 Å². The molecule has 0 radical (unpaired) electrons. The van der Waals surface area contributed by atoms with Crippen LogP contribution in [-0.2, 0) is 27.8 Å². The minimum absolute atomic E-state index is 0.00186. The molecule has 0 bridgehead atoms. The van der Waals surface area contributed by atoms with Gasteiger partial charge < -0.3 is 15.0 Å². The van der Waals surface area contributed by atoms with E-state index in [0.29, 0.717) is 51.7 Å². The number of piperidine rings is 1. The topological polar surface area (TPSA) is 58.6 Å². The molecule has 6 heteroatoms. The van der Waals surface area contributed by atoms with Gasteiger partial charge in [0.05, 0.1) is 12.5 Å². The van der Waals surface area contributed by atoms with Gasteiger partial charge in [0, 0.05) is 26.1 Å². The van der Waals surface area contributed by atoms with Crippen molar-refractivity contribution in [2.75, 3.05) is 26.7 Å². The van der Waals surface area contributed by atoms with E-state index in [1.807, 2.05) is 59.5 Å². The van der Waals surface area contributed by atoms with Crippen LogP contribution >= 0.6 is 0 Å². The lowest BCUT2D eigenvalue weighted by Crippen LogP contribution is -2.53. The number of carbonyl (C=O) groups is 2. The number of ether oxygens (including phenoxy) is 1. The third-order valence-electron chi connectivity index (χ3n) is 7.14. The van der Waals surface area contributed by atoms with Crippen molar-refractivity contribution < 1.29 is 18.7 Å². The maximum Gasteiger partial charge on any atom is 0.230 e. The first-order valence-electron chi connectivity index (χ1n) is 12.5. The van der Waals surface area contributed by atoms with E-state index in [9.17, 15) is 14.0 Å². The van der Waals surface area contributed by atoms with E-state index in [-0.39, 0.29) is 17.6 Å². The third-order valence-corrected chi connectivity index (χ3v) is 7.14. The summed E-state index contributed by atoms with van der Waals surface area (Å²) in [6.07, 6.45) is 2.76. The van der Waals surface area contributed by atoms with Crippen LogP contribution in [0.4, 0.5) is 4.39 Å². The number of carbonyl (C=O) groups excluding carboxylic acids is 2. The molecule has 0 aliphatic carbocycles. The Morgan fingerprint density at radius 2 is 1.58 bits per heavy atom. The molecular formula is C30H33FN2O3. The molecule has 5 nitrogen and oxygen atoms in total. The molecule has 3 aromatic rings. The summed E-state index contributed by atoms with van der Waals surface area (Å²) in [5.41, 5.74) is 2.30. The quantitative estimate of drug-likeness (QED) is 0.476. The minimum atomic E-state index is -0.671. The van der Waals surface area contributed by atoms with Gasteiger partial charge in [-0.3, -0.25) is 9.59 Å². The average molecular weight is 489 g/mol. The Hall–Kier alpha value is -3.67. The van der Waals surface area contributed by atoms with Crippen LogP contribution in [0.15, 0.2) is 78.9 Å². The third kappa shape index (κ3) is 5.93. The summed E-state index contributed by atoms with van der Waals surface area (Å²) in [6.45, 7) is 1.56. The van der Waals surface area contributed by atoms with Crippen molar-refractivity contribution in [3.05, 3.63) is 101 Å². The number of aryl methyl sites for hydroxylation is 1. The van der Waals surface area contributed by atoms with Gasteiger partial charge in [0.25, 0.3) is 0 Å². The Morgan fingerprint density at radius 3 is 2.28 bits per heavy atom. The van der Waals surface area contributed by atoms with Gasteiger partial charge in [-0.1, -0.05) is 60.7 Å². The summed E-state index contributed by atoms with van der Waals surface area (Å²) in [4.78, 5) is 28.3. The molecule has 3 aromatic carbocycles. The van der Waals surface area contributed by atoms with E-state index in [2.05, 4.69) is 5.32 Å². The molecule has 0 saturated carbocycles. The molecular weight excluding hydrogens is 455 g/mol. The van der Waals surface area contributed by atoms with Crippen LogP contribution in [0.3, 0.4) is 0 Å². The van der Waals surface area contributed by atoms with Crippen molar-refractivity contribution in [2.45, 2.75) is 37.5 Å². The van der Waals surface area contributed by atoms with E-state index in [4.69, 9.17) is 4.74 Å². The van der Waals surface area contributed by atoms with Gasteiger partial charge in [0.1, 0.15) is 11.6 Å². The summed E-state index contributed by atoms with van der Waals surface area (Å²) in [7, 11) is 1.65. The van der Waals surface area contributed by atoms with Crippen molar-refractivity contribution in [2.24, 2.45) is 0 Å². The Morgan fingerprint density at radius 1 is 0.917 bits per heavy atom. The number of rotatable bonds is 9. The zero-order chi connectivity index (χ0) is 25.4. The van der Waals surface area contributed by atoms with Gasteiger partial charge in [-0.25, -0.2) is 4.39 Å². The van der Waals surface area contributed by atoms with Crippen molar-refractivity contribution in [3.63, 3.8) is 0 Å². The molecule has 1 aliphatic heterocycles. The number of methoxy groups -OCH3 is 1. The largest absolute Gasteiger partial charge is 0.496 e. The molecule has 1 aliphatic rings. The molecule has 1 N–H and O–H groups in total. The van der Waals surface area contributed by atoms with Crippen LogP contribution in [0, 0.1) is 5.82 Å². The Balaban J connectivity index is 1.38. The number of nitrogens with one attached hydrogen (secondary N) is 1. The lowest BCUT2D eigenvalue weighted by molar-refractivity contribution is -0.136. The second kappa shape index (κ2) is 11.8. The van der Waals surface area contributed by atoms with Crippen LogP contribution in [0.25, 0.3) is 0 Å². The average Bonchev–Trinajstić information content (AvgIpc) is 2.93. The number of hydrogen-bond donors (Lipinski definition) is 1. The fourth-order valence-electron chi connectivity index (χ4n) is 4.99. The van der Waals surface area contributed by atoms with Gasteiger partial charge >= 0.3 is 0 Å². The van der Waals surface area contributed by atoms with E-state index in [0.717, 1.165) is 22.4 Å². The minimum Gasteiger partial charge on any atom is -0.496 e. The maximum absolute atomic E-state index is 13.6. The zero-order valence-electron chi connectivity index (χ0n) is 20.7. The van der Waals surface area contributed by atoms with Crippen LogP contribution in [0.2, 0.25) is 0 Å². The number of hydrogen-bond acceptors (Lipinski definition) is 3. The van der Waals surface area contributed by atoms with Gasteiger partial charge in [0.15, 0.2) is 0 Å². The maximum atomic E-state index is 13.6. The lowest BCUT2D eigenvalue weighted by atomic mass is 9.72. The van der Waals surface area contributed by atoms with Crippen molar-refractivity contribution in [1.82, 2.24) is 10.2 Å². The summed E-state index contributed by atoms with van der Waals surface area (Å²) in [5.74, 6) is 0.607. The van der Waals surface area contributed by atoms with Gasteiger partial charge in [-0.15, -0.1) is 0 Å². The smallest absolute Gasteiger partial charge is 0.230 e. The number of nitrogens with zero attached hydrogens (tertiary/aromatic N) is 1. The molecule has 1 heterocycles. The van der Waals surface area contributed by atoms with E-state index in [1.165, 1.54) is 12.1 Å². The SMILES string of the molecule is COc1ccccc1CCNC(=O)C1(c2ccccc2)CCN(C(=O)CCc2ccc(F)cc2)CC1. The van der Waals surface area contributed by atoms with Crippen LogP contribution in [0.5, 0.6) is 5.75 Å². The fraction of sp³-hybridized carbons (Fsp3) is 0.333. The highest BCUT2D eigenvalue weighted by atomic mass is 19.1. The number of amides is 2. The Labute approximate surface area is 212 Å². The molecule has 2 amide bonds. The van der Waals surface area contributed by atoms with Gasteiger partial charge in [-0.05, 0) is 60.6 Å². The van der Waals surface area contributed by atoms with Gasteiger partial charge in [-0.2, -0.15) is 0 Å². The molecule has 36 heavy (non-hydrogen) atoms. The molecule has 1 saturated heterocycles. The second-order valence-corrected chi connectivity index (χ2v) is 9.27. The first-order valence-corrected chi connectivity index (χ1v) is 12.5. The number of likely N-dealkylation sites (tertiary alicyclic amines) is 1. The highest BCUT2D eigenvalue weighted by Crippen LogP contribution is 2.36. The molecule has 0 unspecified atom stereocenters. The van der Waals surface area contributed by atoms with Crippen LogP contribution in [0.1, 0.15) is 36.0 Å². The fourth-order valence-corrected chi connectivity index (χ4v) is 4.99. The number of halogens is 1. The highest BCUT2D eigenvalue weighted by molar-refractivity contribution is 5.89. The molecule has 0 spiro atoms. The van der Waals surface area contributed by atoms with Crippen LogP contribution in [-0.4, -0.2) is 43.5 Å². The standard InChI is InChI=1S/C30H33FN2O3/c1-36-27-10-6-5-7-24(27)17-20-32-29(35)30(25-8-3-2-4-9-25)18-21-33(22-19-30)28(34)16-13-23-11-14-26(31)15-12-23/h2-12,14-15H,13,16-22H2,1H3,(H,32,35). The molecule has 1 fully saturated rings. The highest BCUT2D eigenvalue weighted by Gasteiger charge is 2.43. The normalized spacial score (nSPS) is 14.8. The zero-order valence-corrected chi connectivity index (χ0v) is 20.7. The van der Waals surface area contributed by atoms with Crippen LogP contribution < -0.4 is 10.1 Å². The van der Waals surface area contributed by atoms with Crippen molar-refractivity contribution in [1.29, 1.82) is 0 Å². The lowest BCUT2D eigenvalue weighted by Gasteiger charge is -2.41. The Bertz CT molecular complexity index is 1160. The van der Waals surface area contributed by atoms with Crippen molar-refractivity contribution >= 4 is 11.8 Å². The van der Waals surface area contributed by atoms with E-state index < -0.39 is 5.41 Å².